The number of aromatic amines is 1. The van der Waals surface area contributed by atoms with E-state index in [1.807, 2.05) is 0 Å². The number of aromatic nitrogens is 2. The molecule has 102 valence electrons. The van der Waals surface area contributed by atoms with Crippen molar-refractivity contribution in [2.75, 3.05) is 0 Å². The first-order valence-electron chi connectivity index (χ1n) is 4.68. The predicted octanol–water partition coefficient (Wildman–Crippen LogP) is 1.89. The van der Waals surface area contributed by atoms with Gasteiger partial charge in [-0.25, -0.2) is 9.59 Å². The van der Waals surface area contributed by atoms with Crippen LogP contribution in [0.4, 0.5) is 13.2 Å². The van der Waals surface area contributed by atoms with Crippen LogP contribution in [0, 0.1) is 0 Å². The maximum absolute atomic E-state index is 10.6. The number of hydrogen-bond donors (Lipinski definition) is 3. The van der Waals surface area contributed by atoms with Gasteiger partial charge in [0.05, 0.1) is 17.3 Å². The average molecular weight is 276 g/mol. The Morgan fingerprint density at radius 3 is 2.26 bits per heavy atom. The Morgan fingerprint density at radius 1 is 1.21 bits per heavy atom. The summed E-state index contributed by atoms with van der Waals surface area (Å²) in [5.41, 5.74) is 1.13. The van der Waals surface area contributed by atoms with Crippen molar-refractivity contribution in [3.05, 3.63) is 30.0 Å². The summed E-state index contributed by atoms with van der Waals surface area (Å²) in [5, 5.41) is 23.1. The van der Waals surface area contributed by atoms with E-state index in [1.54, 1.807) is 24.4 Å². The molecule has 0 radical (unpaired) electrons. The number of aliphatic carboxylic acids is 1. The second kappa shape index (κ2) is 5.38. The smallest absolute Gasteiger partial charge is 0.478 e. The quantitative estimate of drug-likeness (QED) is 0.738. The minimum Gasteiger partial charge on any atom is -0.478 e. The van der Waals surface area contributed by atoms with E-state index in [-0.39, 0.29) is 5.56 Å². The van der Waals surface area contributed by atoms with Crippen molar-refractivity contribution in [3.8, 4) is 0 Å². The number of carbonyl (C=O) groups is 2. The maximum Gasteiger partial charge on any atom is 0.490 e. The van der Waals surface area contributed by atoms with Gasteiger partial charge >= 0.3 is 18.1 Å². The van der Waals surface area contributed by atoms with Crippen LogP contribution in [0.25, 0.3) is 10.9 Å². The molecule has 0 unspecified atom stereocenters. The fraction of sp³-hybridized carbons (Fsp3) is 0.100. The van der Waals surface area contributed by atoms with Gasteiger partial charge in [-0.15, -0.1) is 0 Å². The van der Waals surface area contributed by atoms with Gasteiger partial charge in [0.2, 0.25) is 0 Å². The molecule has 9 heteroatoms. The number of benzene rings is 1. The molecule has 1 aromatic carbocycles. The van der Waals surface area contributed by atoms with E-state index in [4.69, 9.17) is 15.0 Å². The molecule has 0 aliphatic rings. The van der Waals surface area contributed by atoms with Crippen molar-refractivity contribution < 1.29 is 33.0 Å². The highest BCUT2D eigenvalue weighted by atomic mass is 19.4. The predicted molar refractivity (Wildman–Crippen MR) is 56.7 cm³/mol. The Kier molecular flexibility index (Phi) is 4.10. The molecule has 19 heavy (non-hydrogen) atoms. The first kappa shape index (κ1) is 14.5. The molecule has 0 amide bonds. The van der Waals surface area contributed by atoms with E-state index >= 15 is 0 Å². The first-order valence-corrected chi connectivity index (χ1v) is 4.68. The van der Waals surface area contributed by atoms with Crippen LogP contribution in [-0.4, -0.2) is 38.5 Å². The van der Waals surface area contributed by atoms with E-state index < -0.39 is 18.1 Å². The maximum atomic E-state index is 10.6. The van der Waals surface area contributed by atoms with E-state index in [2.05, 4.69) is 10.2 Å². The van der Waals surface area contributed by atoms with Crippen molar-refractivity contribution in [2.45, 2.75) is 6.18 Å². The van der Waals surface area contributed by atoms with Crippen molar-refractivity contribution in [3.63, 3.8) is 0 Å². The van der Waals surface area contributed by atoms with Crippen molar-refractivity contribution in [1.82, 2.24) is 10.2 Å². The Balaban J connectivity index is 0.000000224. The van der Waals surface area contributed by atoms with Gasteiger partial charge in [-0.3, -0.25) is 5.10 Å². The molecule has 0 fully saturated rings. The number of halogens is 3. The average Bonchev–Trinajstić information content (AvgIpc) is 2.74. The SMILES string of the molecule is O=C(O)C(F)(F)F.O=C(O)c1ccc2[nH]ncc2c1. The normalized spacial score (nSPS) is 10.7. The summed E-state index contributed by atoms with van der Waals surface area (Å²) in [4.78, 5) is 19.4. The summed E-state index contributed by atoms with van der Waals surface area (Å²) < 4.78 is 31.7. The molecule has 0 spiro atoms. The van der Waals surface area contributed by atoms with Gasteiger partial charge < -0.3 is 10.2 Å². The third-order valence-corrected chi connectivity index (χ3v) is 1.93. The molecule has 3 N–H and O–H groups in total. The van der Waals surface area contributed by atoms with Crippen molar-refractivity contribution in [2.24, 2.45) is 0 Å². The molecular weight excluding hydrogens is 269 g/mol. The number of aromatic carboxylic acids is 1. The van der Waals surface area contributed by atoms with E-state index in [9.17, 15) is 18.0 Å². The van der Waals surface area contributed by atoms with Crippen molar-refractivity contribution in [1.29, 1.82) is 0 Å². The number of carboxylic acids is 2. The molecule has 0 saturated carbocycles. The fourth-order valence-electron chi connectivity index (χ4n) is 1.08. The van der Waals surface area contributed by atoms with Gasteiger partial charge in [0.25, 0.3) is 0 Å². The first-order chi connectivity index (χ1) is 8.71. The Morgan fingerprint density at radius 2 is 1.79 bits per heavy atom. The zero-order chi connectivity index (χ0) is 14.6. The molecular formula is C10H7F3N2O4. The Bertz CT molecular complexity index is 606. The van der Waals surface area contributed by atoms with Gasteiger partial charge in [0.15, 0.2) is 0 Å². The number of nitrogens with zero attached hydrogens (tertiary/aromatic N) is 1. The molecule has 0 atom stereocenters. The third-order valence-electron chi connectivity index (χ3n) is 1.93. The van der Waals surface area contributed by atoms with Crippen LogP contribution >= 0.6 is 0 Å². The van der Waals surface area contributed by atoms with Gasteiger partial charge in [0, 0.05) is 5.39 Å². The lowest BCUT2D eigenvalue weighted by Gasteiger charge is -1.93. The fourth-order valence-corrected chi connectivity index (χ4v) is 1.08. The second-order valence-electron chi connectivity index (χ2n) is 3.28. The van der Waals surface area contributed by atoms with Gasteiger partial charge in [-0.1, -0.05) is 0 Å². The number of hydrogen-bond acceptors (Lipinski definition) is 3. The van der Waals surface area contributed by atoms with Crippen LogP contribution in [0.15, 0.2) is 24.4 Å². The number of rotatable bonds is 1. The summed E-state index contributed by atoms with van der Waals surface area (Å²) >= 11 is 0. The minimum atomic E-state index is -5.08. The van der Waals surface area contributed by atoms with Crippen LogP contribution in [0.1, 0.15) is 10.4 Å². The van der Waals surface area contributed by atoms with Crippen molar-refractivity contribution >= 4 is 22.8 Å². The molecule has 2 aromatic rings. The zero-order valence-electron chi connectivity index (χ0n) is 9.10. The minimum absolute atomic E-state index is 0.281. The zero-order valence-corrected chi connectivity index (χ0v) is 9.10. The molecule has 0 saturated heterocycles. The van der Waals surface area contributed by atoms with Gasteiger partial charge in [0.1, 0.15) is 0 Å². The molecule has 6 nitrogen and oxygen atoms in total. The van der Waals surface area contributed by atoms with E-state index in [0.29, 0.717) is 0 Å². The van der Waals surface area contributed by atoms with Crippen LogP contribution in [0.2, 0.25) is 0 Å². The lowest BCUT2D eigenvalue weighted by atomic mass is 10.2. The van der Waals surface area contributed by atoms with Crippen LogP contribution in [0.3, 0.4) is 0 Å². The number of fused-ring (bicyclic) bond motifs is 1. The number of carboxylic acid groups (broad SMARTS) is 2. The topological polar surface area (TPSA) is 103 Å². The number of alkyl halides is 3. The summed E-state index contributed by atoms with van der Waals surface area (Å²) in [7, 11) is 0. The summed E-state index contributed by atoms with van der Waals surface area (Å²) in [5.74, 6) is -3.68. The van der Waals surface area contributed by atoms with Gasteiger partial charge in [-0.2, -0.15) is 18.3 Å². The second-order valence-corrected chi connectivity index (χ2v) is 3.28. The molecule has 0 aliphatic carbocycles. The standard InChI is InChI=1S/C8H6N2O2.C2HF3O2/c11-8(12)5-1-2-7-6(3-5)4-9-10-7;3-2(4,5)1(6)7/h1-4H,(H,9,10)(H,11,12);(H,6,7). The molecule has 0 aliphatic heterocycles. The summed E-state index contributed by atoms with van der Waals surface area (Å²) in [6, 6.07) is 4.83. The lowest BCUT2D eigenvalue weighted by Crippen LogP contribution is -2.21. The Hall–Kier alpha value is -2.58. The molecule has 0 bridgehead atoms. The van der Waals surface area contributed by atoms with E-state index in [0.717, 1.165) is 10.9 Å². The highest BCUT2D eigenvalue weighted by Crippen LogP contribution is 2.13. The monoisotopic (exact) mass is 276 g/mol. The van der Waals surface area contributed by atoms with Crippen LogP contribution < -0.4 is 0 Å². The Labute approximate surface area is 103 Å². The van der Waals surface area contributed by atoms with Crippen LogP contribution in [-0.2, 0) is 4.79 Å². The van der Waals surface area contributed by atoms with E-state index in [1.165, 1.54) is 0 Å². The lowest BCUT2D eigenvalue weighted by molar-refractivity contribution is -0.192. The van der Waals surface area contributed by atoms with Crippen LogP contribution in [0.5, 0.6) is 0 Å². The summed E-state index contributed by atoms with van der Waals surface area (Å²) in [6.07, 6.45) is -3.48. The van der Waals surface area contributed by atoms with Gasteiger partial charge in [-0.05, 0) is 18.2 Å². The highest BCUT2D eigenvalue weighted by molar-refractivity contribution is 5.93. The number of H-pyrrole nitrogens is 1. The molecule has 2 rings (SSSR count). The molecule has 1 aromatic heterocycles. The highest BCUT2D eigenvalue weighted by Gasteiger charge is 2.38. The third kappa shape index (κ3) is 3.98. The number of nitrogens with one attached hydrogen (secondary N) is 1. The largest absolute Gasteiger partial charge is 0.490 e. The molecule has 1 heterocycles. The summed E-state index contributed by atoms with van der Waals surface area (Å²) in [6.45, 7) is 0.